The summed E-state index contributed by atoms with van der Waals surface area (Å²) < 4.78 is 43.3. The van der Waals surface area contributed by atoms with E-state index in [2.05, 4.69) is 0 Å². The van der Waals surface area contributed by atoms with E-state index in [4.69, 9.17) is 10.5 Å². The summed E-state index contributed by atoms with van der Waals surface area (Å²) in [4.78, 5) is 1.88. The predicted octanol–water partition coefficient (Wildman–Crippen LogP) is 2.03. The molecule has 0 bridgehead atoms. The first-order valence-corrected chi connectivity index (χ1v) is 6.50. The maximum absolute atomic E-state index is 12.8. The molecule has 120 valence electrons. The first-order valence-electron chi connectivity index (χ1n) is 6.50. The third-order valence-electron chi connectivity index (χ3n) is 3.19. The maximum Gasteiger partial charge on any atom is 0.416 e. The zero-order valence-corrected chi connectivity index (χ0v) is 12.3. The first-order chi connectivity index (χ1) is 9.66. The van der Waals surface area contributed by atoms with Gasteiger partial charge in [-0.05, 0) is 45.3 Å². The fourth-order valence-corrected chi connectivity index (χ4v) is 1.94. The molecule has 4 nitrogen and oxygen atoms in total. The lowest BCUT2D eigenvalue weighted by Crippen LogP contribution is -2.32. The quantitative estimate of drug-likeness (QED) is 0.844. The lowest BCUT2D eigenvalue weighted by Gasteiger charge is -2.23. The van der Waals surface area contributed by atoms with Crippen LogP contribution in [0, 0.1) is 0 Å². The molecule has 0 radical (unpaired) electrons. The van der Waals surface area contributed by atoms with Crippen molar-refractivity contribution in [2.24, 2.45) is 5.73 Å². The number of nitrogens with two attached hydrogens (primary N) is 1. The summed E-state index contributed by atoms with van der Waals surface area (Å²) >= 11 is 0. The highest BCUT2D eigenvalue weighted by atomic mass is 19.4. The molecule has 0 aromatic heterocycles. The second-order valence-electron chi connectivity index (χ2n) is 5.16. The lowest BCUT2D eigenvalue weighted by atomic mass is 9.97. The van der Waals surface area contributed by atoms with Crippen LogP contribution in [-0.4, -0.2) is 43.8 Å². The van der Waals surface area contributed by atoms with E-state index in [1.54, 1.807) is 0 Å². The van der Waals surface area contributed by atoms with Crippen molar-refractivity contribution in [1.82, 2.24) is 4.90 Å². The highest BCUT2D eigenvalue weighted by Crippen LogP contribution is 2.35. The van der Waals surface area contributed by atoms with Crippen LogP contribution in [-0.2, 0) is 6.18 Å². The molecule has 3 N–H and O–H groups in total. The summed E-state index contributed by atoms with van der Waals surface area (Å²) in [6.45, 7) is 0.625. The molecular formula is C14H21F3N2O2. The van der Waals surface area contributed by atoms with Gasteiger partial charge in [-0.15, -0.1) is 0 Å². The molecule has 0 amide bonds. The van der Waals surface area contributed by atoms with Crippen LogP contribution in [0.4, 0.5) is 13.2 Å². The molecule has 2 atom stereocenters. The minimum atomic E-state index is -4.48. The van der Waals surface area contributed by atoms with E-state index in [0.29, 0.717) is 13.0 Å². The fourth-order valence-electron chi connectivity index (χ4n) is 1.94. The number of aliphatic hydroxyl groups excluding tert-OH is 1. The third-order valence-corrected chi connectivity index (χ3v) is 3.19. The van der Waals surface area contributed by atoms with Crippen LogP contribution in [0.2, 0.25) is 0 Å². The van der Waals surface area contributed by atoms with Crippen molar-refractivity contribution >= 4 is 0 Å². The average Bonchev–Trinajstić information content (AvgIpc) is 2.42. The van der Waals surface area contributed by atoms with E-state index in [1.807, 2.05) is 19.0 Å². The number of aliphatic hydroxyl groups is 1. The number of rotatable bonds is 6. The number of nitrogens with zero attached hydrogens (tertiary/aromatic N) is 1. The minimum Gasteiger partial charge on any atom is -0.496 e. The van der Waals surface area contributed by atoms with Crippen LogP contribution in [0.1, 0.15) is 23.7 Å². The number of hydrogen-bond donors (Lipinski definition) is 2. The summed E-state index contributed by atoms with van der Waals surface area (Å²) in [5.41, 5.74) is 5.09. The Morgan fingerprint density at radius 1 is 1.33 bits per heavy atom. The van der Waals surface area contributed by atoms with Crippen molar-refractivity contribution in [3.63, 3.8) is 0 Å². The van der Waals surface area contributed by atoms with Crippen LogP contribution >= 0.6 is 0 Å². The SMILES string of the molecule is COc1ccc(C(F)(F)F)cc1C(O)C(N)CCN(C)C. The minimum absolute atomic E-state index is 0.0542. The third kappa shape index (κ3) is 4.87. The van der Waals surface area contributed by atoms with Crippen molar-refractivity contribution in [3.8, 4) is 5.75 Å². The summed E-state index contributed by atoms with van der Waals surface area (Å²) in [7, 11) is 5.04. The van der Waals surface area contributed by atoms with E-state index in [9.17, 15) is 18.3 Å². The molecule has 7 heteroatoms. The van der Waals surface area contributed by atoms with Crippen molar-refractivity contribution < 1.29 is 23.0 Å². The Kier molecular flexibility index (Phi) is 6.00. The van der Waals surface area contributed by atoms with Crippen molar-refractivity contribution in [2.45, 2.75) is 24.7 Å². The van der Waals surface area contributed by atoms with Gasteiger partial charge in [-0.1, -0.05) is 0 Å². The van der Waals surface area contributed by atoms with Gasteiger partial charge in [-0.2, -0.15) is 13.2 Å². The van der Waals surface area contributed by atoms with Crippen molar-refractivity contribution in [1.29, 1.82) is 0 Å². The summed E-state index contributed by atoms with van der Waals surface area (Å²) in [5.74, 6) is 0.191. The molecule has 0 heterocycles. The topological polar surface area (TPSA) is 58.7 Å². The molecule has 0 saturated heterocycles. The molecular weight excluding hydrogens is 285 g/mol. The highest BCUT2D eigenvalue weighted by molar-refractivity contribution is 5.40. The molecule has 1 aromatic carbocycles. The number of alkyl halides is 3. The molecule has 1 aromatic rings. The summed E-state index contributed by atoms with van der Waals surface area (Å²) in [5, 5.41) is 10.2. The van der Waals surface area contributed by atoms with Gasteiger partial charge < -0.3 is 20.5 Å². The molecule has 0 fully saturated rings. The standard InChI is InChI=1S/C14H21F3N2O2/c1-19(2)7-6-11(18)13(20)10-8-9(14(15,16)17)4-5-12(10)21-3/h4-5,8,11,13,20H,6-7,18H2,1-3H3. The molecule has 0 saturated carbocycles. The first kappa shape index (κ1) is 17.7. The predicted molar refractivity (Wildman–Crippen MR) is 74.1 cm³/mol. The zero-order chi connectivity index (χ0) is 16.2. The van der Waals surface area contributed by atoms with Crippen LogP contribution < -0.4 is 10.5 Å². The molecule has 0 aliphatic rings. The second-order valence-corrected chi connectivity index (χ2v) is 5.16. The number of methoxy groups -OCH3 is 1. The summed E-state index contributed by atoms with van der Waals surface area (Å²) in [6, 6.07) is 2.32. The van der Waals surface area contributed by atoms with Gasteiger partial charge in [-0.3, -0.25) is 0 Å². The molecule has 0 spiro atoms. The highest BCUT2D eigenvalue weighted by Gasteiger charge is 2.32. The van der Waals surface area contributed by atoms with Crippen LogP contribution in [0.5, 0.6) is 5.75 Å². The van der Waals surface area contributed by atoms with Gasteiger partial charge in [0.15, 0.2) is 0 Å². The largest absolute Gasteiger partial charge is 0.496 e. The monoisotopic (exact) mass is 306 g/mol. The molecule has 2 unspecified atom stereocenters. The zero-order valence-electron chi connectivity index (χ0n) is 12.3. The van der Waals surface area contributed by atoms with Crippen LogP contribution in [0.15, 0.2) is 18.2 Å². The normalized spacial score (nSPS) is 15.1. The van der Waals surface area contributed by atoms with Gasteiger partial charge in [0.25, 0.3) is 0 Å². The molecule has 0 aliphatic carbocycles. The lowest BCUT2D eigenvalue weighted by molar-refractivity contribution is -0.137. The molecule has 21 heavy (non-hydrogen) atoms. The van der Waals surface area contributed by atoms with Gasteiger partial charge >= 0.3 is 6.18 Å². The maximum atomic E-state index is 12.8. The van der Waals surface area contributed by atoms with Gasteiger partial charge in [0, 0.05) is 11.6 Å². The number of benzene rings is 1. The Labute approximate surface area is 122 Å². The Balaban J connectivity index is 3.03. The van der Waals surface area contributed by atoms with Gasteiger partial charge in [-0.25, -0.2) is 0 Å². The van der Waals surface area contributed by atoms with E-state index >= 15 is 0 Å². The van der Waals surface area contributed by atoms with E-state index in [-0.39, 0.29) is 11.3 Å². The molecule has 1 rings (SSSR count). The van der Waals surface area contributed by atoms with Crippen molar-refractivity contribution in [3.05, 3.63) is 29.3 Å². The Morgan fingerprint density at radius 2 is 1.95 bits per heavy atom. The van der Waals surface area contributed by atoms with E-state index in [1.165, 1.54) is 13.2 Å². The van der Waals surface area contributed by atoms with E-state index in [0.717, 1.165) is 12.1 Å². The fraction of sp³-hybridized carbons (Fsp3) is 0.571. The Morgan fingerprint density at radius 3 is 2.43 bits per heavy atom. The van der Waals surface area contributed by atoms with E-state index < -0.39 is 23.9 Å². The average molecular weight is 306 g/mol. The Hall–Kier alpha value is -1.31. The van der Waals surface area contributed by atoms with Gasteiger partial charge in [0.2, 0.25) is 0 Å². The van der Waals surface area contributed by atoms with Gasteiger partial charge in [0.05, 0.1) is 18.8 Å². The van der Waals surface area contributed by atoms with Gasteiger partial charge in [0.1, 0.15) is 5.75 Å². The smallest absolute Gasteiger partial charge is 0.416 e. The van der Waals surface area contributed by atoms with Crippen LogP contribution in [0.25, 0.3) is 0 Å². The second kappa shape index (κ2) is 7.11. The summed E-state index contributed by atoms with van der Waals surface area (Å²) in [6.07, 6.45) is -5.25. The van der Waals surface area contributed by atoms with Crippen LogP contribution in [0.3, 0.4) is 0 Å². The number of halogens is 3. The number of ether oxygens (including phenoxy) is 1. The Bertz CT molecular complexity index is 464. The number of hydrogen-bond acceptors (Lipinski definition) is 4. The van der Waals surface area contributed by atoms with Crippen molar-refractivity contribution in [2.75, 3.05) is 27.7 Å². The molecule has 0 aliphatic heterocycles.